The lowest BCUT2D eigenvalue weighted by Gasteiger charge is -2.33. The molecule has 0 unspecified atom stereocenters. The van der Waals surface area contributed by atoms with Crippen LogP contribution in [0, 0.1) is 11.7 Å². The summed E-state index contributed by atoms with van der Waals surface area (Å²) in [7, 11) is 2.14. The molecule has 1 saturated carbocycles. The minimum absolute atomic E-state index is 0.237. The number of hydrogen-bond donors (Lipinski definition) is 1. The Morgan fingerprint density at radius 3 is 2.52 bits per heavy atom. The quantitative estimate of drug-likeness (QED) is 0.922. The Kier molecular flexibility index (Phi) is 5.08. The summed E-state index contributed by atoms with van der Waals surface area (Å²) in [6, 6.07) is 8.93. The zero-order valence-electron chi connectivity index (χ0n) is 13.5. The fraction of sp³-hybridized carbons (Fsp3) is 0.500. The van der Waals surface area contributed by atoms with Crippen molar-refractivity contribution in [2.24, 2.45) is 5.92 Å². The van der Waals surface area contributed by atoms with Crippen molar-refractivity contribution in [3.63, 3.8) is 0 Å². The number of rotatable bonds is 5. The van der Waals surface area contributed by atoms with E-state index < -0.39 is 0 Å². The van der Waals surface area contributed by atoms with E-state index in [4.69, 9.17) is 0 Å². The lowest BCUT2D eigenvalue weighted by atomic mass is 9.86. The summed E-state index contributed by atoms with van der Waals surface area (Å²) in [5.74, 6) is 0.247. The number of aliphatic hydroxyl groups excluding tert-OH is 1. The Morgan fingerprint density at radius 2 is 1.87 bits per heavy atom. The predicted octanol–water partition coefficient (Wildman–Crippen LogP) is 2.99. The van der Waals surface area contributed by atoms with Crippen molar-refractivity contribution in [1.82, 2.24) is 14.7 Å². The maximum absolute atomic E-state index is 13.0. The first kappa shape index (κ1) is 16.1. The normalized spacial score (nSPS) is 21.7. The van der Waals surface area contributed by atoms with Crippen molar-refractivity contribution in [1.29, 1.82) is 0 Å². The molecular formula is C18H24FN3O. The third kappa shape index (κ3) is 3.98. The molecule has 1 aliphatic carbocycles. The molecule has 0 atom stereocenters. The Bertz CT molecular complexity index is 617. The first-order valence-electron chi connectivity index (χ1n) is 8.27. The largest absolute Gasteiger partial charge is 0.396 e. The van der Waals surface area contributed by atoms with E-state index in [2.05, 4.69) is 17.0 Å². The van der Waals surface area contributed by atoms with Crippen LogP contribution >= 0.6 is 0 Å². The van der Waals surface area contributed by atoms with Crippen LogP contribution in [0.1, 0.15) is 31.4 Å². The zero-order valence-corrected chi connectivity index (χ0v) is 13.5. The van der Waals surface area contributed by atoms with E-state index >= 15 is 0 Å². The van der Waals surface area contributed by atoms with Gasteiger partial charge >= 0.3 is 0 Å². The summed E-state index contributed by atoms with van der Waals surface area (Å²) < 4.78 is 14.8. The van der Waals surface area contributed by atoms with Gasteiger partial charge in [0.15, 0.2) is 0 Å². The van der Waals surface area contributed by atoms with Gasteiger partial charge in [-0.1, -0.05) is 0 Å². The highest BCUT2D eigenvalue weighted by molar-refractivity contribution is 5.31. The van der Waals surface area contributed by atoms with E-state index in [0.29, 0.717) is 18.6 Å². The number of aliphatic hydroxyl groups is 1. The van der Waals surface area contributed by atoms with E-state index in [1.54, 1.807) is 16.8 Å². The molecule has 23 heavy (non-hydrogen) atoms. The Balaban J connectivity index is 1.59. The van der Waals surface area contributed by atoms with Crippen LogP contribution < -0.4 is 0 Å². The molecule has 0 spiro atoms. The standard InChI is InChI=1S/C18H24FN3O/c1-21(17-6-2-14(13-23)3-7-17)12-16-10-11-22(20-16)18-8-4-15(19)5-9-18/h4-5,8-11,14,17,23H,2-3,6-7,12-13H2,1H3. The summed E-state index contributed by atoms with van der Waals surface area (Å²) in [5, 5.41) is 13.8. The molecule has 2 aromatic rings. The van der Waals surface area contributed by atoms with Gasteiger partial charge in [0.1, 0.15) is 5.82 Å². The highest BCUT2D eigenvalue weighted by Gasteiger charge is 2.23. The van der Waals surface area contributed by atoms with Gasteiger partial charge in [-0.2, -0.15) is 5.10 Å². The molecule has 1 aliphatic rings. The fourth-order valence-corrected chi connectivity index (χ4v) is 3.34. The second-order valence-electron chi connectivity index (χ2n) is 6.50. The van der Waals surface area contributed by atoms with Gasteiger partial charge in [0.25, 0.3) is 0 Å². The highest BCUT2D eigenvalue weighted by Crippen LogP contribution is 2.27. The van der Waals surface area contributed by atoms with Crippen LogP contribution in [0.15, 0.2) is 36.5 Å². The monoisotopic (exact) mass is 317 g/mol. The van der Waals surface area contributed by atoms with Crippen molar-refractivity contribution in [2.75, 3.05) is 13.7 Å². The lowest BCUT2D eigenvalue weighted by Crippen LogP contribution is -2.35. The van der Waals surface area contributed by atoms with E-state index in [9.17, 15) is 9.50 Å². The maximum atomic E-state index is 13.0. The van der Waals surface area contributed by atoms with Gasteiger partial charge in [-0.3, -0.25) is 4.90 Å². The number of aromatic nitrogens is 2. The topological polar surface area (TPSA) is 41.3 Å². The predicted molar refractivity (Wildman–Crippen MR) is 87.8 cm³/mol. The van der Waals surface area contributed by atoms with Crippen molar-refractivity contribution in [3.05, 3.63) is 48.0 Å². The lowest BCUT2D eigenvalue weighted by molar-refractivity contribution is 0.123. The third-order valence-corrected chi connectivity index (χ3v) is 4.84. The van der Waals surface area contributed by atoms with Gasteiger partial charge in [0.2, 0.25) is 0 Å². The second kappa shape index (κ2) is 7.23. The number of halogens is 1. The average molecular weight is 317 g/mol. The second-order valence-corrected chi connectivity index (χ2v) is 6.50. The molecule has 3 rings (SSSR count). The Labute approximate surface area is 136 Å². The number of nitrogens with zero attached hydrogens (tertiary/aromatic N) is 3. The van der Waals surface area contributed by atoms with E-state index in [1.165, 1.54) is 12.1 Å². The van der Waals surface area contributed by atoms with Crippen LogP contribution in [0.5, 0.6) is 0 Å². The van der Waals surface area contributed by atoms with Gasteiger partial charge in [-0.15, -0.1) is 0 Å². The summed E-state index contributed by atoms with van der Waals surface area (Å²) in [4.78, 5) is 2.35. The molecule has 1 N–H and O–H groups in total. The summed E-state index contributed by atoms with van der Waals surface area (Å²) in [6.45, 7) is 1.13. The summed E-state index contributed by atoms with van der Waals surface area (Å²) in [6.07, 6.45) is 6.41. The van der Waals surface area contributed by atoms with Crippen LogP contribution in [0.3, 0.4) is 0 Å². The Morgan fingerprint density at radius 1 is 1.17 bits per heavy atom. The van der Waals surface area contributed by atoms with E-state index in [1.807, 2.05) is 12.3 Å². The SMILES string of the molecule is CN(Cc1ccn(-c2ccc(F)cc2)n1)C1CCC(CO)CC1. The third-order valence-electron chi connectivity index (χ3n) is 4.84. The van der Waals surface area contributed by atoms with Gasteiger partial charge in [-0.25, -0.2) is 9.07 Å². The van der Waals surface area contributed by atoms with Gasteiger partial charge in [0, 0.05) is 25.4 Å². The molecule has 0 aliphatic heterocycles. The molecule has 1 aromatic carbocycles. The smallest absolute Gasteiger partial charge is 0.123 e. The molecule has 1 aromatic heterocycles. The minimum atomic E-state index is -0.237. The summed E-state index contributed by atoms with van der Waals surface area (Å²) in [5.41, 5.74) is 1.88. The van der Waals surface area contributed by atoms with Crippen molar-refractivity contribution in [3.8, 4) is 5.69 Å². The molecule has 0 radical (unpaired) electrons. The van der Waals surface area contributed by atoms with Crippen LogP contribution in [0.2, 0.25) is 0 Å². The van der Waals surface area contributed by atoms with Crippen LogP contribution in [0.25, 0.3) is 5.69 Å². The number of benzene rings is 1. The van der Waals surface area contributed by atoms with Crippen LogP contribution in [-0.4, -0.2) is 39.5 Å². The molecule has 0 amide bonds. The van der Waals surface area contributed by atoms with Crippen LogP contribution in [0.4, 0.5) is 4.39 Å². The van der Waals surface area contributed by atoms with Crippen LogP contribution in [-0.2, 0) is 6.54 Å². The Hall–Kier alpha value is -1.72. The first-order chi connectivity index (χ1) is 11.2. The minimum Gasteiger partial charge on any atom is -0.396 e. The summed E-state index contributed by atoms with van der Waals surface area (Å²) >= 11 is 0. The number of hydrogen-bond acceptors (Lipinski definition) is 3. The molecule has 1 fully saturated rings. The molecule has 5 heteroatoms. The molecule has 4 nitrogen and oxygen atoms in total. The average Bonchev–Trinajstić information content (AvgIpc) is 3.04. The van der Waals surface area contributed by atoms with Gasteiger partial charge in [0.05, 0.1) is 11.4 Å². The molecule has 0 saturated heterocycles. The zero-order chi connectivity index (χ0) is 16.2. The van der Waals surface area contributed by atoms with E-state index in [0.717, 1.165) is 43.6 Å². The first-order valence-corrected chi connectivity index (χ1v) is 8.27. The molecule has 1 heterocycles. The van der Waals surface area contributed by atoms with Crippen molar-refractivity contribution < 1.29 is 9.50 Å². The van der Waals surface area contributed by atoms with Crippen molar-refractivity contribution >= 4 is 0 Å². The maximum Gasteiger partial charge on any atom is 0.123 e. The molecular weight excluding hydrogens is 293 g/mol. The van der Waals surface area contributed by atoms with Gasteiger partial charge in [-0.05, 0) is 69.0 Å². The molecule has 0 bridgehead atoms. The highest BCUT2D eigenvalue weighted by atomic mass is 19.1. The van der Waals surface area contributed by atoms with Gasteiger partial charge < -0.3 is 5.11 Å². The fourth-order valence-electron chi connectivity index (χ4n) is 3.34. The molecule has 124 valence electrons. The van der Waals surface area contributed by atoms with E-state index in [-0.39, 0.29) is 5.82 Å². The van der Waals surface area contributed by atoms with Crippen molar-refractivity contribution in [2.45, 2.75) is 38.3 Å².